The van der Waals surface area contributed by atoms with E-state index in [-0.39, 0.29) is 18.2 Å². The molecule has 1 saturated heterocycles. The summed E-state index contributed by atoms with van der Waals surface area (Å²) in [6, 6.07) is 15.4. The minimum absolute atomic E-state index is 0.0159. The number of carbonyl (C=O) groups excluding carboxylic acids is 2. The van der Waals surface area contributed by atoms with Crippen molar-refractivity contribution in [3.05, 3.63) is 89.0 Å². The molecule has 1 N–H and O–H groups in total. The van der Waals surface area contributed by atoms with Crippen LogP contribution >= 0.6 is 0 Å². The third-order valence-corrected chi connectivity index (χ3v) is 7.99. The number of fused-ring (bicyclic) bond motifs is 3. The number of rotatable bonds is 8. The van der Waals surface area contributed by atoms with Gasteiger partial charge in [-0.3, -0.25) is 9.59 Å². The van der Waals surface area contributed by atoms with Crippen molar-refractivity contribution < 1.29 is 31.5 Å². The van der Waals surface area contributed by atoms with Gasteiger partial charge >= 0.3 is 6.18 Å². The number of hydrogen-bond donors (Lipinski definition) is 1. The quantitative estimate of drug-likeness (QED) is 0.301. The molecule has 5 rings (SSSR count). The summed E-state index contributed by atoms with van der Waals surface area (Å²) in [5, 5.41) is 2.79. The second kappa shape index (κ2) is 12.1. The van der Waals surface area contributed by atoms with Gasteiger partial charge in [-0.15, -0.1) is 0 Å². The maximum atomic E-state index is 14.1. The zero-order chi connectivity index (χ0) is 30.0. The van der Waals surface area contributed by atoms with Crippen LogP contribution in [0.5, 0.6) is 0 Å². The van der Waals surface area contributed by atoms with Gasteiger partial charge in [0.2, 0.25) is 5.91 Å². The monoisotopic (exact) mass is 585 g/mol. The molecular formula is C32H32F5N3O2. The molecule has 1 unspecified atom stereocenters. The number of hydrogen-bond acceptors (Lipinski definition) is 3. The highest BCUT2D eigenvalue weighted by atomic mass is 19.4. The first-order valence-corrected chi connectivity index (χ1v) is 14.2. The number of amides is 2. The molecular weight excluding hydrogens is 553 g/mol. The van der Waals surface area contributed by atoms with Gasteiger partial charge in [0.25, 0.3) is 5.91 Å². The van der Waals surface area contributed by atoms with E-state index >= 15 is 0 Å². The Labute approximate surface area is 241 Å². The Kier molecular flexibility index (Phi) is 8.52. The molecule has 1 fully saturated rings. The van der Waals surface area contributed by atoms with E-state index in [9.17, 15) is 31.5 Å². The molecule has 1 aliphatic heterocycles. The molecule has 2 amide bonds. The first-order chi connectivity index (χ1) is 20.1. The van der Waals surface area contributed by atoms with Gasteiger partial charge in [0.15, 0.2) is 0 Å². The van der Waals surface area contributed by atoms with Crippen LogP contribution in [0.3, 0.4) is 0 Å². The molecule has 1 aliphatic carbocycles. The third-order valence-electron chi connectivity index (χ3n) is 7.99. The number of anilines is 1. The molecule has 1 heterocycles. The van der Waals surface area contributed by atoms with E-state index in [0.29, 0.717) is 49.9 Å². The van der Waals surface area contributed by atoms with Crippen molar-refractivity contribution in [1.82, 2.24) is 10.2 Å². The number of piperidine rings is 1. The minimum Gasteiger partial charge on any atom is -0.371 e. The summed E-state index contributed by atoms with van der Waals surface area (Å²) in [6.07, 6.45) is -2.39. The van der Waals surface area contributed by atoms with E-state index in [4.69, 9.17) is 0 Å². The second-order valence-corrected chi connectivity index (χ2v) is 10.8. The maximum Gasteiger partial charge on any atom is 0.406 e. The third kappa shape index (κ3) is 6.12. The standard InChI is InChI=1S/C32H32F5N3O2/c1-2-3-15-40(19-32(35,36)37)31(42)29-24-8-5-4-7-22(24)23-9-6-10-27(28(23)29)39-16-13-21(14-17-39)38-30(41)25-18-20(33)11-12-26(25)34/h4-12,18,21,29H,2-3,13-17,19H2,1H3,(H,38,41). The van der Waals surface area contributed by atoms with E-state index in [0.717, 1.165) is 39.9 Å². The number of nitrogens with zero attached hydrogens (tertiary/aromatic N) is 2. The highest BCUT2D eigenvalue weighted by Gasteiger charge is 2.42. The van der Waals surface area contributed by atoms with Crippen LogP contribution in [0.1, 0.15) is 60.0 Å². The molecule has 0 spiro atoms. The fraction of sp³-hybridized carbons (Fsp3) is 0.375. The maximum absolute atomic E-state index is 14.1. The second-order valence-electron chi connectivity index (χ2n) is 10.8. The number of halogens is 5. The van der Waals surface area contributed by atoms with Gasteiger partial charge in [-0.25, -0.2) is 8.78 Å². The van der Waals surface area contributed by atoms with Crippen LogP contribution in [0.4, 0.5) is 27.6 Å². The highest BCUT2D eigenvalue weighted by molar-refractivity contribution is 5.99. The predicted molar refractivity (Wildman–Crippen MR) is 150 cm³/mol. The molecule has 0 saturated carbocycles. The van der Waals surface area contributed by atoms with E-state index in [1.807, 2.05) is 37.3 Å². The van der Waals surface area contributed by atoms with Crippen LogP contribution in [-0.2, 0) is 4.79 Å². The Bertz CT molecular complexity index is 1470. The van der Waals surface area contributed by atoms with Crippen molar-refractivity contribution in [3.8, 4) is 11.1 Å². The van der Waals surface area contributed by atoms with Gasteiger partial charge in [-0.05, 0) is 60.2 Å². The normalized spacial score (nSPS) is 16.6. The fourth-order valence-corrected chi connectivity index (χ4v) is 5.99. The summed E-state index contributed by atoms with van der Waals surface area (Å²) in [5.74, 6) is -3.65. The Morgan fingerprint density at radius 1 is 0.976 bits per heavy atom. The number of benzene rings is 3. The first kappa shape index (κ1) is 29.5. The Morgan fingerprint density at radius 2 is 1.69 bits per heavy atom. The highest BCUT2D eigenvalue weighted by Crippen LogP contribution is 2.50. The van der Waals surface area contributed by atoms with Crippen LogP contribution in [-0.4, -0.2) is 55.1 Å². The Hall–Kier alpha value is -3.95. The van der Waals surface area contributed by atoms with Gasteiger partial charge in [-0.2, -0.15) is 13.2 Å². The summed E-state index contributed by atoms with van der Waals surface area (Å²) in [7, 11) is 0. The molecule has 5 nitrogen and oxygen atoms in total. The lowest BCUT2D eigenvalue weighted by Gasteiger charge is -2.36. The molecule has 3 aromatic carbocycles. The largest absolute Gasteiger partial charge is 0.406 e. The molecule has 2 aliphatic rings. The van der Waals surface area contributed by atoms with Crippen molar-refractivity contribution in [2.24, 2.45) is 0 Å². The zero-order valence-corrected chi connectivity index (χ0v) is 23.2. The van der Waals surface area contributed by atoms with Crippen molar-refractivity contribution in [1.29, 1.82) is 0 Å². The van der Waals surface area contributed by atoms with Gasteiger partial charge in [0.1, 0.15) is 18.2 Å². The average Bonchev–Trinajstić information content (AvgIpc) is 3.30. The minimum atomic E-state index is -4.52. The molecule has 10 heteroatoms. The van der Waals surface area contributed by atoms with Gasteiger partial charge in [0.05, 0.1) is 11.5 Å². The van der Waals surface area contributed by atoms with E-state index in [2.05, 4.69) is 10.2 Å². The van der Waals surface area contributed by atoms with Crippen molar-refractivity contribution in [2.75, 3.05) is 31.1 Å². The Balaban J connectivity index is 1.40. The molecule has 3 aromatic rings. The number of nitrogens with one attached hydrogen (secondary N) is 1. The van der Waals surface area contributed by atoms with Gasteiger partial charge in [-0.1, -0.05) is 49.7 Å². The van der Waals surface area contributed by atoms with Gasteiger partial charge in [0, 0.05) is 36.9 Å². The van der Waals surface area contributed by atoms with Crippen molar-refractivity contribution in [3.63, 3.8) is 0 Å². The van der Waals surface area contributed by atoms with E-state index in [1.165, 1.54) is 0 Å². The SMILES string of the molecule is CCCCN(CC(F)(F)F)C(=O)C1c2ccccc2-c2cccc(N3CCC(NC(=O)c4cc(F)ccc4F)CC3)c21. The summed E-state index contributed by atoms with van der Waals surface area (Å²) >= 11 is 0. The predicted octanol–water partition coefficient (Wildman–Crippen LogP) is 6.67. The molecule has 0 aromatic heterocycles. The number of alkyl halides is 3. The van der Waals surface area contributed by atoms with Crippen molar-refractivity contribution in [2.45, 2.75) is 50.7 Å². The molecule has 42 heavy (non-hydrogen) atoms. The summed E-state index contributed by atoms with van der Waals surface area (Å²) in [5.41, 5.74) is 3.44. The van der Waals surface area contributed by atoms with Crippen LogP contribution < -0.4 is 10.2 Å². The molecule has 222 valence electrons. The summed E-state index contributed by atoms with van der Waals surface area (Å²) < 4.78 is 68.3. The lowest BCUT2D eigenvalue weighted by molar-refractivity contribution is -0.161. The Morgan fingerprint density at radius 3 is 2.40 bits per heavy atom. The average molecular weight is 586 g/mol. The summed E-state index contributed by atoms with van der Waals surface area (Å²) in [6.45, 7) is 1.56. The molecule has 0 bridgehead atoms. The van der Waals surface area contributed by atoms with Crippen molar-refractivity contribution >= 4 is 17.5 Å². The van der Waals surface area contributed by atoms with Crippen LogP contribution in [0.2, 0.25) is 0 Å². The van der Waals surface area contributed by atoms with E-state index < -0.39 is 42.1 Å². The van der Waals surface area contributed by atoms with Gasteiger partial charge < -0.3 is 15.1 Å². The lowest BCUT2D eigenvalue weighted by Crippen LogP contribution is -2.45. The smallest absolute Gasteiger partial charge is 0.371 e. The summed E-state index contributed by atoms with van der Waals surface area (Å²) in [4.78, 5) is 29.6. The zero-order valence-electron chi connectivity index (χ0n) is 23.2. The van der Waals surface area contributed by atoms with E-state index in [1.54, 1.807) is 12.1 Å². The topological polar surface area (TPSA) is 52.7 Å². The number of unbranched alkanes of at least 4 members (excludes halogenated alkanes) is 1. The number of carbonyl (C=O) groups is 2. The molecule has 1 atom stereocenters. The first-order valence-electron chi connectivity index (χ1n) is 14.2. The molecule has 0 radical (unpaired) electrons. The lowest BCUT2D eigenvalue weighted by atomic mass is 9.92. The van der Waals surface area contributed by atoms with Crippen LogP contribution in [0, 0.1) is 11.6 Å². The van der Waals surface area contributed by atoms with Crippen LogP contribution in [0.15, 0.2) is 60.7 Å². The van der Waals surface area contributed by atoms with Crippen LogP contribution in [0.25, 0.3) is 11.1 Å². The fourth-order valence-electron chi connectivity index (χ4n) is 5.99.